The smallest absolute Gasteiger partial charge is 0.483 e. The van der Waals surface area contributed by atoms with Crippen LogP contribution in [0.5, 0.6) is 0 Å². The van der Waals surface area contributed by atoms with Gasteiger partial charge in [-0.15, -0.1) is 0 Å². The van der Waals surface area contributed by atoms with Crippen molar-refractivity contribution in [1.82, 2.24) is 5.32 Å². The predicted molar refractivity (Wildman–Crippen MR) is 110 cm³/mol. The zero-order chi connectivity index (χ0) is 22.0. The highest BCUT2D eigenvalue weighted by Gasteiger charge is 2.55. The van der Waals surface area contributed by atoms with Gasteiger partial charge >= 0.3 is 19.4 Å². The highest BCUT2D eigenvalue weighted by molar-refractivity contribution is 6.40. The van der Waals surface area contributed by atoms with E-state index in [-0.39, 0.29) is 6.42 Å². The molecule has 0 aliphatic carbocycles. The van der Waals surface area contributed by atoms with Gasteiger partial charge in [-0.1, -0.05) is 23.7 Å². The normalized spacial score (nSPS) is 18.8. The summed E-state index contributed by atoms with van der Waals surface area (Å²) >= 11 is 6.03. The van der Waals surface area contributed by atoms with Crippen LogP contribution in [0, 0.1) is 0 Å². The van der Waals surface area contributed by atoms with Crippen LogP contribution in [0.4, 0.5) is 4.79 Å². The first-order valence-corrected chi connectivity index (χ1v) is 9.86. The van der Waals surface area contributed by atoms with Crippen molar-refractivity contribution in [3.8, 4) is 0 Å². The monoisotopic (exact) mass is 425 g/mol. The molecule has 2 rings (SSSR count). The summed E-state index contributed by atoms with van der Waals surface area (Å²) in [6.45, 7) is 12.6. The number of rotatable bonds is 5. The third-order valence-electron chi connectivity index (χ3n) is 4.75. The van der Waals surface area contributed by atoms with Crippen LogP contribution in [0.1, 0.15) is 54.0 Å². The molecule has 160 valence electrons. The van der Waals surface area contributed by atoms with Crippen molar-refractivity contribution in [1.29, 1.82) is 0 Å². The Morgan fingerprint density at radius 3 is 2.28 bits per heavy atom. The van der Waals surface area contributed by atoms with Gasteiger partial charge in [0.05, 0.1) is 11.2 Å². The molecule has 1 amide bonds. The van der Waals surface area contributed by atoms with Gasteiger partial charge in [-0.25, -0.2) is 4.79 Å². The van der Waals surface area contributed by atoms with Crippen molar-refractivity contribution in [2.24, 2.45) is 0 Å². The number of amides is 1. The third-order valence-corrected chi connectivity index (χ3v) is 4.98. The fourth-order valence-corrected chi connectivity index (χ4v) is 2.77. The predicted octanol–water partition coefficient (Wildman–Crippen LogP) is 3.91. The summed E-state index contributed by atoms with van der Waals surface area (Å²) in [5, 5.41) is 3.09. The Kier molecular flexibility index (Phi) is 6.92. The van der Waals surface area contributed by atoms with E-state index in [9.17, 15) is 9.59 Å². The van der Waals surface area contributed by atoms with Gasteiger partial charge in [0.15, 0.2) is 0 Å². The second kappa shape index (κ2) is 8.54. The second-order valence-corrected chi connectivity index (χ2v) is 9.45. The SMILES string of the molecule is CC(C)(C)OC(=O)N[C@@H](Cc1cccc(Cl)c1)C(=O)OB1OC(C)(C)C(C)(C)O1. The maximum atomic E-state index is 12.8. The molecular formula is C20H29BClNO6. The number of benzene rings is 1. The Hall–Kier alpha value is -1.77. The lowest BCUT2D eigenvalue weighted by molar-refractivity contribution is -0.139. The highest BCUT2D eigenvalue weighted by Crippen LogP contribution is 2.37. The molecule has 1 aliphatic heterocycles. The summed E-state index contributed by atoms with van der Waals surface area (Å²) < 4.78 is 22.1. The van der Waals surface area contributed by atoms with Crippen LogP contribution in [0.3, 0.4) is 0 Å². The van der Waals surface area contributed by atoms with E-state index in [2.05, 4.69) is 5.32 Å². The molecule has 0 aromatic heterocycles. The van der Waals surface area contributed by atoms with E-state index in [0.717, 1.165) is 5.56 Å². The standard InChI is InChI=1S/C20H29BClNO6/c1-18(2,3)26-17(25)23-15(12-13-9-8-10-14(22)11-13)16(24)27-21-28-19(4,5)20(6,7)29-21/h8-11,15H,12H2,1-7H3,(H,23,25)/t15-/m0/s1. The summed E-state index contributed by atoms with van der Waals surface area (Å²) in [5.74, 6) is -0.700. The first-order valence-electron chi connectivity index (χ1n) is 9.49. The van der Waals surface area contributed by atoms with Gasteiger partial charge < -0.3 is 24.0 Å². The lowest BCUT2D eigenvalue weighted by Gasteiger charge is -2.31. The van der Waals surface area contributed by atoms with E-state index < -0.39 is 42.2 Å². The molecule has 1 aliphatic rings. The van der Waals surface area contributed by atoms with E-state index in [1.807, 2.05) is 27.7 Å². The van der Waals surface area contributed by atoms with Crippen molar-refractivity contribution in [2.75, 3.05) is 0 Å². The minimum atomic E-state index is -1.17. The van der Waals surface area contributed by atoms with Crippen LogP contribution in [-0.4, -0.2) is 42.2 Å². The van der Waals surface area contributed by atoms with Crippen LogP contribution in [0.2, 0.25) is 5.02 Å². The van der Waals surface area contributed by atoms with Crippen LogP contribution in [0.25, 0.3) is 0 Å². The van der Waals surface area contributed by atoms with Crippen LogP contribution >= 0.6 is 11.6 Å². The minimum absolute atomic E-state index is 0.165. The molecule has 0 radical (unpaired) electrons. The van der Waals surface area contributed by atoms with Crippen molar-refractivity contribution in [3.05, 3.63) is 34.9 Å². The quantitative estimate of drug-likeness (QED) is 0.720. The largest absolute Gasteiger partial charge is 0.716 e. The molecule has 1 atom stereocenters. The van der Waals surface area contributed by atoms with Crippen molar-refractivity contribution in [3.63, 3.8) is 0 Å². The van der Waals surface area contributed by atoms with Gasteiger partial charge in [0.2, 0.25) is 0 Å². The lowest BCUT2D eigenvalue weighted by atomic mass is 9.90. The second-order valence-electron chi connectivity index (χ2n) is 9.01. The third kappa shape index (κ3) is 6.62. The van der Waals surface area contributed by atoms with Gasteiger partial charge in [-0.3, -0.25) is 4.79 Å². The number of carbonyl (C=O) groups excluding carboxylic acids is 2. The maximum Gasteiger partial charge on any atom is 0.716 e. The van der Waals surface area contributed by atoms with E-state index in [4.69, 9.17) is 30.3 Å². The molecular weight excluding hydrogens is 396 g/mol. The molecule has 1 heterocycles. The number of carbonyl (C=O) groups is 2. The van der Waals surface area contributed by atoms with Gasteiger partial charge in [0.25, 0.3) is 0 Å². The summed E-state index contributed by atoms with van der Waals surface area (Å²) in [5.41, 5.74) is -1.26. The molecule has 0 unspecified atom stereocenters. The number of halogens is 1. The summed E-state index contributed by atoms with van der Waals surface area (Å²) in [6, 6.07) is 6.00. The fourth-order valence-electron chi connectivity index (χ4n) is 2.56. The molecule has 29 heavy (non-hydrogen) atoms. The van der Waals surface area contributed by atoms with Crippen molar-refractivity contribution in [2.45, 2.75) is 77.7 Å². The number of alkyl carbamates (subject to hydrolysis) is 1. The number of hydrogen-bond acceptors (Lipinski definition) is 6. The molecule has 1 N–H and O–H groups in total. The molecule has 0 saturated carbocycles. The summed E-state index contributed by atoms with van der Waals surface area (Å²) in [7, 11) is -1.17. The van der Waals surface area contributed by atoms with E-state index >= 15 is 0 Å². The zero-order valence-electron chi connectivity index (χ0n) is 18.0. The lowest BCUT2D eigenvalue weighted by Crippen LogP contribution is -2.47. The molecule has 1 saturated heterocycles. The van der Waals surface area contributed by atoms with Gasteiger partial charge in [0.1, 0.15) is 11.6 Å². The van der Waals surface area contributed by atoms with Crippen LogP contribution in [-0.2, 0) is 29.9 Å². The Labute approximate surface area is 177 Å². The van der Waals surface area contributed by atoms with Crippen molar-refractivity contribution < 1.29 is 28.3 Å². The molecule has 7 nitrogen and oxygen atoms in total. The van der Waals surface area contributed by atoms with Gasteiger partial charge in [0, 0.05) is 11.4 Å². The topological polar surface area (TPSA) is 83.1 Å². The first kappa shape index (κ1) is 23.5. The molecule has 0 bridgehead atoms. The molecule has 9 heteroatoms. The molecule has 1 fully saturated rings. The number of ether oxygens (including phenoxy) is 1. The summed E-state index contributed by atoms with van der Waals surface area (Å²) in [6.07, 6.45) is -0.562. The van der Waals surface area contributed by atoms with E-state index in [1.165, 1.54) is 0 Å². The maximum absolute atomic E-state index is 12.8. The Morgan fingerprint density at radius 1 is 1.17 bits per heavy atom. The Bertz CT molecular complexity index is 746. The minimum Gasteiger partial charge on any atom is -0.483 e. The summed E-state index contributed by atoms with van der Waals surface area (Å²) in [4.78, 5) is 25.1. The van der Waals surface area contributed by atoms with E-state index in [0.29, 0.717) is 5.02 Å². The van der Waals surface area contributed by atoms with Crippen molar-refractivity contribution >= 4 is 31.0 Å². The van der Waals surface area contributed by atoms with Gasteiger partial charge in [-0.05, 0) is 66.2 Å². The Morgan fingerprint density at radius 2 is 1.76 bits per heavy atom. The number of nitrogens with one attached hydrogen (secondary N) is 1. The fraction of sp³-hybridized carbons (Fsp3) is 0.600. The molecule has 1 aromatic carbocycles. The van der Waals surface area contributed by atoms with Crippen LogP contribution in [0.15, 0.2) is 24.3 Å². The molecule has 0 spiro atoms. The highest BCUT2D eigenvalue weighted by atomic mass is 35.5. The number of hydrogen-bond donors (Lipinski definition) is 1. The average Bonchev–Trinajstić information content (AvgIpc) is 2.71. The van der Waals surface area contributed by atoms with Crippen LogP contribution < -0.4 is 5.32 Å². The molecule has 1 aromatic rings. The Balaban J connectivity index is 2.13. The van der Waals surface area contributed by atoms with Gasteiger partial charge in [-0.2, -0.15) is 0 Å². The first-order chi connectivity index (χ1) is 13.2. The average molecular weight is 426 g/mol. The zero-order valence-corrected chi connectivity index (χ0v) is 18.8. The van der Waals surface area contributed by atoms with E-state index in [1.54, 1.807) is 45.0 Å².